The molecule has 7 heteroatoms. The lowest BCUT2D eigenvalue weighted by molar-refractivity contribution is -0.132. The Morgan fingerprint density at radius 2 is 1.77 bits per heavy atom. The molecule has 2 N–H and O–H groups in total. The van der Waals surface area contributed by atoms with E-state index >= 15 is 0 Å². The summed E-state index contributed by atoms with van der Waals surface area (Å²) in [6.45, 7) is 3.62. The molecule has 2 aromatic rings. The van der Waals surface area contributed by atoms with Crippen molar-refractivity contribution >= 4 is 11.8 Å². The van der Waals surface area contributed by atoms with Crippen molar-refractivity contribution in [2.75, 3.05) is 6.61 Å². The van der Waals surface area contributed by atoms with Crippen LogP contribution in [0.4, 0.5) is 4.39 Å². The minimum Gasteiger partial charge on any atom is -0.493 e. The number of benzene rings is 2. The summed E-state index contributed by atoms with van der Waals surface area (Å²) in [5.74, 6) is -0.240. The zero-order chi connectivity index (χ0) is 18.9. The maximum absolute atomic E-state index is 12.8. The SMILES string of the molecule is Cc1ccccc1OCCC(=O)NNC(=O)[C@@H](C)Oc1ccc(F)cc1. The molecule has 0 saturated carbocycles. The molecule has 2 amide bonds. The summed E-state index contributed by atoms with van der Waals surface area (Å²) >= 11 is 0. The van der Waals surface area contributed by atoms with Crippen molar-refractivity contribution in [3.8, 4) is 11.5 Å². The summed E-state index contributed by atoms with van der Waals surface area (Å²) in [5, 5.41) is 0. The van der Waals surface area contributed by atoms with Gasteiger partial charge in [0.1, 0.15) is 17.3 Å². The van der Waals surface area contributed by atoms with E-state index in [-0.39, 0.29) is 18.9 Å². The number of para-hydroxylation sites is 1. The van der Waals surface area contributed by atoms with Gasteiger partial charge in [0.25, 0.3) is 5.91 Å². The van der Waals surface area contributed by atoms with Gasteiger partial charge < -0.3 is 9.47 Å². The monoisotopic (exact) mass is 360 g/mol. The first-order chi connectivity index (χ1) is 12.5. The zero-order valence-corrected chi connectivity index (χ0v) is 14.6. The van der Waals surface area contributed by atoms with Crippen molar-refractivity contribution < 1.29 is 23.5 Å². The summed E-state index contributed by atoms with van der Waals surface area (Å²) in [6, 6.07) is 12.8. The van der Waals surface area contributed by atoms with Gasteiger partial charge in [0, 0.05) is 0 Å². The van der Waals surface area contributed by atoms with Crippen LogP contribution in [0, 0.1) is 12.7 Å². The third-order valence-electron chi connectivity index (χ3n) is 3.50. The molecule has 2 aromatic carbocycles. The number of rotatable bonds is 7. The molecule has 0 unspecified atom stereocenters. The molecule has 6 nitrogen and oxygen atoms in total. The lowest BCUT2D eigenvalue weighted by atomic mass is 10.2. The summed E-state index contributed by atoms with van der Waals surface area (Å²) < 4.78 is 23.7. The second-order valence-corrected chi connectivity index (χ2v) is 5.62. The molecule has 1 atom stereocenters. The van der Waals surface area contributed by atoms with Gasteiger partial charge in [-0.25, -0.2) is 4.39 Å². The second kappa shape index (κ2) is 9.41. The number of carbonyl (C=O) groups is 2. The van der Waals surface area contributed by atoms with Crippen molar-refractivity contribution in [3.63, 3.8) is 0 Å². The summed E-state index contributed by atoms with van der Waals surface area (Å²) in [5.41, 5.74) is 5.56. The van der Waals surface area contributed by atoms with E-state index in [1.807, 2.05) is 31.2 Å². The van der Waals surface area contributed by atoms with Gasteiger partial charge in [-0.05, 0) is 49.7 Å². The van der Waals surface area contributed by atoms with Crippen LogP contribution in [0.15, 0.2) is 48.5 Å². The predicted octanol–water partition coefficient (Wildman–Crippen LogP) is 2.52. The molecule has 138 valence electrons. The molecule has 0 radical (unpaired) electrons. The number of hydrogen-bond donors (Lipinski definition) is 2. The third-order valence-corrected chi connectivity index (χ3v) is 3.50. The first kappa shape index (κ1) is 19.2. The van der Waals surface area contributed by atoms with Gasteiger partial charge in [-0.3, -0.25) is 20.4 Å². The highest BCUT2D eigenvalue weighted by molar-refractivity contribution is 5.84. The highest BCUT2D eigenvalue weighted by Crippen LogP contribution is 2.16. The molecule has 0 aliphatic carbocycles. The maximum atomic E-state index is 12.8. The van der Waals surface area contributed by atoms with Crippen LogP contribution in [-0.4, -0.2) is 24.5 Å². The predicted molar refractivity (Wildman–Crippen MR) is 94.1 cm³/mol. The number of ether oxygens (including phenoxy) is 2. The molecule has 0 spiro atoms. The molecule has 2 rings (SSSR count). The molecule has 0 aliphatic rings. The van der Waals surface area contributed by atoms with Crippen molar-refractivity contribution in [2.24, 2.45) is 0 Å². The number of amides is 2. The largest absolute Gasteiger partial charge is 0.493 e. The smallest absolute Gasteiger partial charge is 0.279 e. The minimum atomic E-state index is -0.857. The Bertz CT molecular complexity index is 749. The van der Waals surface area contributed by atoms with Gasteiger partial charge in [-0.15, -0.1) is 0 Å². The first-order valence-corrected chi connectivity index (χ1v) is 8.15. The lowest BCUT2D eigenvalue weighted by Gasteiger charge is -2.15. The van der Waals surface area contributed by atoms with Gasteiger partial charge in [0.2, 0.25) is 5.91 Å². The van der Waals surface area contributed by atoms with Gasteiger partial charge in [-0.2, -0.15) is 0 Å². The number of halogens is 1. The summed E-state index contributed by atoms with van der Waals surface area (Å²) in [6.07, 6.45) is -0.772. The Kier molecular flexibility index (Phi) is 6.96. The van der Waals surface area contributed by atoms with Crippen LogP contribution in [0.5, 0.6) is 11.5 Å². The quantitative estimate of drug-likeness (QED) is 0.744. The average molecular weight is 360 g/mol. The Labute approximate surface area is 151 Å². The molecule has 0 bridgehead atoms. The summed E-state index contributed by atoms with van der Waals surface area (Å²) in [7, 11) is 0. The highest BCUT2D eigenvalue weighted by Gasteiger charge is 2.15. The van der Waals surface area contributed by atoms with Crippen LogP contribution in [-0.2, 0) is 9.59 Å². The number of nitrogens with one attached hydrogen (secondary N) is 2. The van der Waals surface area contributed by atoms with E-state index in [4.69, 9.17) is 9.47 Å². The minimum absolute atomic E-state index is 0.0851. The fraction of sp³-hybridized carbons (Fsp3) is 0.263. The average Bonchev–Trinajstić information content (AvgIpc) is 2.63. The van der Waals surface area contributed by atoms with E-state index in [0.29, 0.717) is 11.5 Å². The molecule has 26 heavy (non-hydrogen) atoms. The zero-order valence-electron chi connectivity index (χ0n) is 14.6. The van der Waals surface area contributed by atoms with E-state index < -0.39 is 17.8 Å². The van der Waals surface area contributed by atoms with Crippen LogP contribution in [0.25, 0.3) is 0 Å². The molecular formula is C19H21FN2O4. The molecular weight excluding hydrogens is 339 g/mol. The number of aryl methyl sites for hydroxylation is 1. The normalized spacial score (nSPS) is 11.3. The molecule has 0 heterocycles. The second-order valence-electron chi connectivity index (χ2n) is 5.62. The molecule has 0 saturated heterocycles. The van der Waals surface area contributed by atoms with Crippen LogP contribution in [0.2, 0.25) is 0 Å². The van der Waals surface area contributed by atoms with Crippen LogP contribution in [0.3, 0.4) is 0 Å². The fourth-order valence-corrected chi connectivity index (χ4v) is 2.04. The fourth-order valence-electron chi connectivity index (χ4n) is 2.04. The first-order valence-electron chi connectivity index (χ1n) is 8.15. The van der Waals surface area contributed by atoms with Crippen LogP contribution < -0.4 is 20.3 Å². The van der Waals surface area contributed by atoms with E-state index in [1.54, 1.807) is 0 Å². The topological polar surface area (TPSA) is 76.7 Å². The van der Waals surface area contributed by atoms with Gasteiger partial charge in [0.05, 0.1) is 13.0 Å². The maximum Gasteiger partial charge on any atom is 0.279 e. The summed E-state index contributed by atoms with van der Waals surface area (Å²) in [4.78, 5) is 23.7. The Morgan fingerprint density at radius 3 is 2.46 bits per heavy atom. The standard InChI is InChI=1S/C19H21FN2O4/c1-13-5-3-4-6-17(13)25-12-11-18(23)21-22-19(24)14(2)26-16-9-7-15(20)8-10-16/h3-10,14H,11-12H2,1-2H3,(H,21,23)(H,22,24)/t14-/m1/s1. The van der Waals surface area contributed by atoms with Crippen molar-refractivity contribution in [3.05, 3.63) is 59.9 Å². The Morgan fingerprint density at radius 1 is 1.08 bits per heavy atom. The number of carbonyl (C=O) groups excluding carboxylic acids is 2. The van der Waals surface area contributed by atoms with Gasteiger partial charge in [0.15, 0.2) is 6.10 Å². The number of hydrogen-bond acceptors (Lipinski definition) is 4. The Balaban J connectivity index is 1.68. The molecule has 0 aliphatic heterocycles. The van der Waals surface area contributed by atoms with Crippen LogP contribution >= 0.6 is 0 Å². The van der Waals surface area contributed by atoms with Crippen LogP contribution in [0.1, 0.15) is 18.9 Å². The van der Waals surface area contributed by atoms with E-state index in [1.165, 1.54) is 31.2 Å². The molecule has 0 aromatic heterocycles. The lowest BCUT2D eigenvalue weighted by Crippen LogP contribution is -2.47. The van der Waals surface area contributed by atoms with Crippen molar-refractivity contribution in [2.45, 2.75) is 26.4 Å². The van der Waals surface area contributed by atoms with Gasteiger partial charge in [-0.1, -0.05) is 18.2 Å². The molecule has 0 fully saturated rings. The van der Waals surface area contributed by atoms with Crippen molar-refractivity contribution in [1.29, 1.82) is 0 Å². The van der Waals surface area contributed by atoms with Crippen molar-refractivity contribution in [1.82, 2.24) is 10.9 Å². The van der Waals surface area contributed by atoms with E-state index in [2.05, 4.69) is 10.9 Å². The van der Waals surface area contributed by atoms with Gasteiger partial charge >= 0.3 is 0 Å². The van der Waals surface area contributed by atoms with E-state index in [0.717, 1.165) is 5.56 Å². The highest BCUT2D eigenvalue weighted by atomic mass is 19.1. The third kappa shape index (κ3) is 6.08. The number of hydrazine groups is 1. The van der Waals surface area contributed by atoms with E-state index in [9.17, 15) is 14.0 Å². The Hall–Kier alpha value is -3.09.